The fraction of sp³-hybridized carbons (Fsp3) is 0.111. The summed E-state index contributed by atoms with van der Waals surface area (Å²) >= 11 is 1.16. The number of thiazole rings is 1. The van der Waals surface area contributed by atoms with Crippen LogP contribution >= 0.6 is 11.3 Å². The Hall–Kier alpha value is -1.82. The van der Waals surface area contributed by atoms with E-state index >= 15 is 0 Å². The van der Waals surface area contributed by atoms with Crippen molar-refractivity contribution in [2.75, 3.05) is 5.73 Å². The smallest absolute Gasteiger partial charge is 0.263 e. The average Bonchev–Trinajstić information content (AvgIpc) is 2.84. The molecule has 0 radical (unpaired) electrons. The Morgan fingerprint density at radius 3 is 3.13 bits per heavy atom. The minimum Gasteiger partial charge on any atom is -0.467 e. The fourth-order valence-electron chi connectivity index (χ4n) is 1.06. The highest BCUT2D eigenvalue weighted by Crippen LogP contribution is 2.14. The molecule has 0 aliphatic heterocycles. The van der Waals surface area contributed by atoms with Crippen LogP contribution in [0.3, 0.4) is 0 Å². The zero-order chi connectivity index (χ0) is 10.7. The monoisotopic (exact) mass is 223 g/mol. The van der Waals surface area contributed by atoms with E-state index in [4.69, 9.17) is 10.2 Å². The highest BCUT2D eigenvalue weighted by molar-refractivity contribution is 7.17. The predicted molar refractivity (Wildman–Crippen MR) is 56.4 cm³/mol. The summed E-state index contributed by atoms with van der Waals surface area (Å²) in [5, 5.41) is 3.08. The quantitative estimate of drug-likeness (QED) is 0.820. The summed E-state index contributed by atoms with van der Waals surface area (Å²) in [5.41, 5.74) is 5.42. The molecule has 0 aromatic carbocycles. The highest BCUT2D eigenvalue weighted by atomic mass is 32.1. The van der Waals surface area contributed by atoms with Crippen molar-refractivity contribution in [2.45, 2.75) is 6.54 Å². The van der Waals surface area contributed by atoms with Gasteiger partial charge in [0.15, 0.2) is 5.13 Å². The first-order valence-electron chi connectivity index (χ1n) is 4.27. The van der Waals surface area contributed by atoms with Gasteiger partial charge in [0.05, 0.1) is 19.0 Å². The first-order valence-corrected chi connectivity index (χ1v) is 5.09. The SMILES string of the molecule is Nc1ncc(C(=O)NCc2ccco2)s1. The average molecular weight is 223 g/mol. The van der Waals surface area contributed by atoms with Gasteiger partial charge < -0.3 is 15.5 Å². The van der Waals surface area contributed by atoms with E-state index in [1.165, 1.54) is 6.20 Å². The molecule has 15 heavy (non-hydrogen) atoms. The molecule has 0 fully saturated rings. The molecular formula is C9H9N3O2S. The molecule has 0 saturated carbocycles. The van der Waals surface area contributed by atoms with Crippen LogP contribution < -0.4 is 11.1 Å². The normalized spacial score (nSPS) is 10.1. The van der Waals surface area contributed by atoms with Crippen LogP contribution in [0.2, 0.25) is 0 Å². The second kappa shape index (κ2) is 4.14. The number of furan rings is 1. The number of carbonyl (C=O) groups excluding carboxylic acids is 1. The molecule has 0 aliphatic rings. The summed E-state index contributed by atoms with van der Waals surface area (Å²) in [6, 6.07) is 3.56. The van der Waals surface area contributed by atoms with Crippen LogP contribution in [0.4, 0.5) is 5.13 Å². The third-order valence-corrected chi connectivity index (χ3v) is 2.58. The molecule has 5 nitrogen and oxygen atoms in total. The van der Waals surface area contributed by atoms with Crippen LogP contribution in [0.1, 0.15) is 15.4 Å². The summed E-state index contributed by atoms with van der Waals surface area (Å²) in [4.78, 5) is 15.8. The third kappa shape index (κ3) is 2.35. The Kier molecular flexibility index (Phi) is 2.68. The molecule has 0 aliphatic carbocycles. The lowest BCUT2D eigenvalue weighted by Gasteiger charge is -1.99. The molecule has 0 atom stereocenters. The minimum absolute atomic E-state index is 0.194. The van der Waals surface area contributed by atoms with Crippen LogP contribution in [0, 0.1) is 0 Å². The van der Waals surface area contributed by atoms with Crippen LogP contribution in [-0.2, 0) is 6.54 Å². The Bertz CT molecular complexity index is 450. The lowest BCUT2D eigenvalue weighted by atomic mass is 10.4. The lowest BCUT2D eigenvalue weighted by Crippen LogP contribution is -2.21. The van der Waals surface area contributed by atoms with Crippen LogP contribution in [0.5, 0.6) is 0 Å². The van der Waals surface area contributed by atoms with Gasteiger partial charge in [-0.1, -0.05) is 11.3 Å². The van der Waals surface area contributed by atoms with E-state index in [-0.39, 0.29) is 5.91 Å². The Morgan fingerprint density at radius 2 is 2.53 bits per heavy atom. The predicted octanol–water partition coefficient (Wildman–Crippen LogP) is 1.25. The van der Waals surface area contributed by atoms with Crippen molar-refractivity contribution in [2.24, 2.45) is 0 Å². The molecule has 6 heteroatoms. The number of rotatable bonds is 3. The molecule has 0 saturated heterocycles. The zero-order valence-corrected chi connectivity index (χ0v) is 8.58. The molecule has 3 N–H and O–H groups in total. The maximum Gasteiger partial charge on any atom is 0.263 e. The van der Waals surface area contributed by atoms with E-state index in [2.05, 4.69) is 10.3 Å². The second-order valence-corrected chi connectivity index (χ2v) is 3.89. The molecule has 2 aromatic heterocycles. The summed E-state index contributed by atoms with van der Waals surface area (Å²) in [6.07, 6.45) is 3.02. The maximum absolute atomic E-state index is 11.5. The number of nitrogens with one attached hydrogen (secondary N) is 1. The second-order valence-electron chi connectivity index (χ2n) is 2.82. The van der Waals surface area contributed by atoms with Crippen LogP contribution in [0.25, 0.3) is 0 Å². The number of hydrogen-bond acceptors (Lipinski definition) is 5. The summed E-state index contributed by atoms with van der Waals surface area (Å²) in [6.45, 7) is 0.365. The number of nitrogens with two attached hydrogens (primary N) is 1. The van der Waals surface area contributed by atoms with Gasteiger partial charge in [0.2, 0.25) is 0 Å². The molecule has 0 spiro atoms. The van der Waals surface area contributed by atoms with Crippen molar-refractivity contribution in [1.82, 2.24) is 10.3 Å². The fourth-order valence-corrected chi connectivity index (χ4v) is 1.66. The number of nitrogen functional groups attached to an aromatic ring is 1. The summed E-state index contributed by atoms with van der Waals surface area (Å²) in [5.74, 6) is 0.515. The number of anilines is 1. The number of hydrogen-bond donors (Lipinski definition) is 2. The van der Waals surface area contributed by atoms with Crippen molar-refractivity contribution in [3.8, 4) is 0 Å². The third-order valence-electron chi connectivity index (χ3n) is 1.75. The zero-order valence-electron chi connectivity index (χ0n) is 7.77. The van der Waals surface area contributed by atoms with E-state index < -0.39 is 0 Å². The largest absolute Gasteiger partial charge is 0.467 e. The van der Waals surface area contributed by atoms with Crippen molar-refractivity contribution in [3.63, 3.8) is 0 Å². The summed E-state index contributed by atoms with van der Waals surface area (Å²) in [7, 11) is 0. The highest BCUT2D eigenvalue weighted by Gasteiger charge is 2.09. The first-order chi connectivity index (χ1) is 7.25. The molecule has 2 rings (SSSR count). The lowest BCUT2D eigenvalue weighted by molar-refractivity contribution is 0.0952. The number of aromatic nitrogens is 1. The first kappa shape index (κ1) is 9.72. The maximum atomic E-state index is 11.5. The van der Waals surface area contributed by atoms with Gasteiger partial charge in [0.1, 0.15) is 10.6 Å². The van der Waals surface area contributed by atoms with Gasteiger partial charge >= 0.3 is 0 Å². The van der Waals surface area contributed by atoms with E-state index in [1.807, 2.05) is 0 Å². The van der Waals surface area contributed by atoms with Crippen molar-refractivity contribution < 1.29 is 9.21 Å². The molecule has 78 valence electrons. The van der Waals surface area contributed by atoms with Gasteiger partial charge in [0, 0.05) is 0 Å². The molecule has 1 amide bonds. The topological polar surface area (TPSA) is 81.1 Å². The molecule has 0 bridgehead atoms. The molecule has 0 unspecified atom stereocenters. The van der Waals surface area contributed by atoms with Crippen LogP contribution in [0.15, 0.2) is 29.0 Å². The van der Waals surface area contributed by atoms with Crippen molar-refractivity contribution in [3.05, 3.63) is 35.2 Å². The molecule has 2 aromatic rings. The van der Waals surface area contributed by atoms with E-state index in [0.29, 0.717) is 22.3 Å². The number of carbonyl (C=O) groups is 1. The summed E-state index contributed by atoms with van der Waals surface area (Å²) < 4.78 is 5.07. The van der Waals surface area contributed by atoms with Crippen molar-refractivity contribution >= 4 is 22.4 Å². The van der Waals surface area contributed by atoms with Gasteiger partial charge in [-0.2, -0.15) is 0 Å². The molecular weight excluding hydrogens is 214 g/mol. The van der Waals surface area contributed by atoms with Crippen molar-refractivity contribution in [1.29, 1.82) is 0 Å². The van der Waals surface area contributed by atoms with Gasteiger partial charge in [-0.3, -0.25) is 4.79 Å². The van der Waals surface area contributed by atoms with Gasteiger partial charge in [0.25, 0.3) is 5.91 Å². The van der Waals surface area contributed by atoms with E-state index in [0.717, 1.165) is 11.3 Å². The van der Waals surface area contributed by atoms with Gasteiger partial charge in [-0.25, -0.2) is 4.98 Å². The van der Waals surface area contributed by atoms with Gasteiger partial charge in [-0.05, 0) is 12.1 Å². The Labute approximate surface area is 89.9 Å². The Balaban J connectivity index is 1.93. The molecule has 2 heterocycles. The number of nitrogens with zero attached hydrogens (tertiary/aromatic N) is 1. The van der Waals surface area contributed by atoms with E-state index in [1.54, 1.807) is 18.4 Å². The Morgan fingerprint density at radius 1 is 1.67 bits per heavy atom. The minimum atomic E-state index is -0.194. The standard InChI is InChI=1S/C9H9N3O2S/c10-9-12-5-7(15-9)8(13)11-4-6-2-1-3-14-6/h1-3,5H,4H2,(H2,10,12)(H,11,13). The van der Waals surface area contributed by atoms with Gasteiger partial charge in [-0.15, -0.1) is 0 Å². The number of amides is 1. The van der Waals surface area contributed by atoms with E-state index in [9.17, 15) is 4.79 Å². The van der Waals surface area contributed by atoms with Crippen LogP contribution in [-0.4, -0.2) is 10.9 Å².